The molecule has 0 aliphatic carbocycles. The molecule has 2 aromatic heterocycles. The van der Waals surface area contributed by atoms with Crippen molar-refractivity contribution in [2.24, 2.45) is 7.05 Å². The van der Waals surface area contributed by atoms with Gasteiger partial charge in [-0.25, -0.2) is 4.98 Å². The normalized spacial score (nSPS) is 15.2. The number of aromatic nitrogens is 2. The molecule has 0 atom stereocenters. The van der Waals surface area contributed by atoms with Crippen molar-refractivity contribution in [2.75, 3.05) is 13.1 Å². The number of para-hydroxylation sites is 2. The molecule has 1 fully saturated rings. The number of benzene rings is 2. The fraction of sp³-hybridized carbons (Fsp3) is 0.320. The summed E-state index contributed by atoms with van der Waals surface area (Å²) in [6.45, 7) is 3.90. The van der Waals surface area contributed by atoms with E-state index in [1.165, 1.54) is 54.5 Å². The molecule has 2 aromatic carbocycles. The number of ether oxygens (including phenoxy) is 1. The van der Waals surface area contributed by atoms with Gasteiger partial charge in [-0.1, -0.05) is 42.8 Å². The first kappa shape index (κ1) is 18.2. The van der Waals surface area contributed by atoms with E-state index in [1.54, 1.807) is 0 Å². The molecule has 4 nitrogen and oxygen atoms in total. The molecule has 1 saturated heterocycles. The molecule has 0 N–H and O–H groups in total. The fourth-order valence-corrected chi connectivity index (χ4v) is 4.50. The quantitative estimate of drug-likeness (QED) is 0.467. The topological polar surface area (TPSA) is 30.3 Å². The standard InChI is InChI=1S/C25H27N3O/c1-27-23-12-6-4-10-20(23)21(17-28-15-7-2-8-16-28)24(27)18-29-25-14-13-19-9-3-5-11-22(19)26-25/h3-6,9-14H,2,7-8,15-18H2,1H3. The lowest BCUT2D eigenvalue weighted by Gasteiger charge is -2.26. The van der Waals surface area contributed by atoms with Crippen molar-refractivity contribution < 1.29 is 4.74 Å². The first-order chi connectivity index (χ1) is 14.3. The minimum Gasteiger partial charge on any atom is -0.471 e. The van der Waals surface area contributed by atoms with Crippen LogP contribution in [0.1, 0.15) is 30.5 Å². The molecule has 3 heterocycles. The number of aryl methyl sites for hydroxylation is 1. The maximum absolute atomic E-state index is 6.19. The minimum atomic E-state index is 0.527. The van der Waals surface area contributed by atoms with Crippen molar-refractivity contribution in [3.8, 4) is 5.88 Å². The monoisotopic (exact) mass is 385 g/mol. The molecule has 5 rings (SSSR count). The summed E-state index contributed by atoms with van der Waals surface area (Å²) in [6, 6.07) is 20.9. The van der Waals surface area contributed by atoms with Gasteiger partial charge in [0.15, 0.2) is 0 Å². The predicted molar refractivity (Wildman–Crippen MR) is 118 cm³/mol. The molecule has 0 unspecified atom stereocenters. The number of fused-ring (bicyclic) bond motifs is 2. The molecule has 1 aliphatic heterocycles. The molecule has 148 valence electrons. The van der Waals surface area contributed by atoms with Gasteiger partial charge in [-0.05, 0) is 49.7 Å². The van der Waals surface area contributed by atoms with Crippen LogP contribution < -0.4 is 4.74 Å². The second kappa shape index (κ2) is 7.88. The van der Waals surface area contributed by atoms with Crippen LogP contribution in [0.5, 0.6) is 5.88 Å². The third-order valence-electron chi connectivity index (χ3n) is 6.10. The highest BCUT2D eigenvalue weighted by molar-refractivity contribution is 5.85. The molecule has 4 aromatic rings. The van der Waals surface area contributed by atoms with E-state index >= 15 is 0 Å². The van der Waals surface area contributed by atoms with Crippen LogP contribution in [0.2, 0.25) is 0 Å². The van der Waals surface area contributed by atoms with Crippen molar-refractivity contribution in [2.45, 2.75) is 32.4 Å². The number of hydrogen-bond acceptors (Lipinski definition) is 3. The highest BCUT2D eigenvalue weighted by atomic mass is 16.5. The van der Waals surface area contributed by atoms with Crippen molar-refractivity contribution >= 4 is 21.8 Å². The van der Waals surface area contributed by atoms with E-state index < -0.39 is 0 Å². The maximum atomic E-state index is 6.19. The van der Waals surface area contributed by atoms with E-state index in [0.29, 0.717) is 12.5 Å². The van der Waals surface area contributed by atoms with Gasteiger partial charge in [-0.3, -0.25) is 4.90 Å². The zero-order valence-corrected chi connectivity index (χ0v) is 17.0. The number of piperidine rings is 1. The number of pyridine rings is 1. The second-order valence-electron chi connectivity index (χ2n) is 7.97. The lowest BCUT2D eigenvalue weighted by molar-refractivity contribution is 0.218. The lowest BCUT2D eigenvalue weighted by atomic mass is 10.1. The van der Waals surface area contributed by atoms with Gasteiger partial charge in [0.1, 0.15) is 6.61 Å². The summed E-state index contributed by atoms with van der Waals surface area (Å²) < 4.78 is 8.48. The van der Waals surface area contributed by atoms with Crippen LogP contribution in [0.3, 0.4) is 0 Å². The van der Waals surface area contributed by atoms with Gasteiger partial charge in [0.05, 0.1) is 11.2 Å². The smallest absolute Gasteiger partial charge is 0.214 e. The van der Waals surface area contributed by atoms with Crippen LogP contribution in [-0.2, 0) is 20.2 Å². The summed E-state index contributed by atoms with van der Waals surface area (Å²) >= 11 is 0. The first-order valence-electron chi connectivity index (χ1n) is 10.6. The Labute approximate surface area is 171 Å². The third kappa shape index (κ3) is 3.60. The van der Waals surface area contributed by atoms with Gasteiger partial charge < -0.3 is 9.30 Å². The summed E-state index contributed by atoms with van der Waals surface area (Å²) in [5.41, 5.74) is 4.87. The average molecular weight is 386 g/mol. The molecule has 29 heavy (non-hydrogen) atoms. The Bertz CT molecular complexity index is 1140. The van der Waals surface area contributed by atoms with E-state index in [9.17, 15) is 0 Å². The van der Waals surface area contributed by atoms with Crippen molar-refractivity contribution in [3.05, 3.63) is 71.9 Å². The highest BCUT2D eigenvalue weighted by Gasteiger charge is 2.19. The van der Waals surface area contributed by atoms with E-state index in [2.05, 4.69) is 57.9 Å². The van der Waals surface area contributed by atoms with Crippen molar-refractivity contribution in [1.82, 2.24) is 14.5 Å². The summed E-state index contributed by atoms with van der Waals surface area (Å²) in [6.07, 6.45) is 3.96. The number of hydrogen-bond donors (Lipinski definition) is 0. The fourth-order valence-electron chi connectivity index (χ4n) is 4.50. The number of rotatable bonds is 5. The van der Waals surface area contributed by atoms with Gasteiger partial charge in [0.2, 0.25) is 5.88 Å². The molecular weight excluding hydrogens is 358 g/mol. The van der Waals surface area contributed by atoms with Crippen LogP contribution in [0.15, 0.2) is 60.7 Å². The third-order valence-corrected chi connectivity index (χ3v) is 6.10. The minimum absolute atomic E-state index is 0.527. The van der Waals surface area contributed by atoms with Crippen LogP contribution in [0, 0.1) is 0 Å². The van der Waals surface area contributed by atoms with E-state index in [4.69, 9.17) is 4.74 Å². The molecule has 0 radical (unpaired) electrons. The Kier molecular flexibility index (Phi) is 4.94. The maximum Gasteiger partial charge on any atom is 0.214 e. The Morgan fingerprint density at radius 1 is 0.897 bits per heavy atom. The van der Waals surface area contributed by atoms with E-state index in [1.807, 2.05) is 24.3 Å². The van der Waals surface area contributed by atoms with Crippen molar-refractivity contribution in [1.29, 1.82) is 0 Å². The second-order valence-corrected chi connectivity index (χ2v) is 7.97. The summed E-state index contributed by atoms with van der Waals surface area (Å²) in [4.78, 5) is 7.26. The van der Waals surface area contributed by atoms with E-state index in [0.717, 1.165) is 17.4 Å². The molecular formula is C25H27N3O. The Hall–Kier alpha value is -2.85. The molecule has 0 spiro atoms. The summed E-state index contributed by atoms with van der Waals surface area (Å²) in [7, 11) is 2.15. The van der Waals surface area contributed by atoms with Crippen LogP contribution in [-0.4, -0.2) is 27.5 Å². The van der Waals surface area contributed by atoms with Crippen LogP contribution >= 0.6 is 0 Å². The van der Waals surface area contributed by atoms with Crippen LogP contribution in [0.25, 0.3) is 21.8 Å². The summed E-state index contributed by atoms with van der Waals surface area (Å²) in [5.74, 6) is 0.679. The predicted octanol–water partition coefficient (Wildman–Crippen LogP) is 5.29. The zero-order chi connectivity index (χ0) is 19.6. The molecule has 1 aliphatic rings. The Balaban J connectivity index is 1.46. The zero-order valence-electron chi connectivity index (χ0n) is 17.0. The number of likely N-dealkylation sites (tertiary alicyclic amines) is 1. The average Bonchev–Trinajstić information content (AvgIpc) is 3.04. The summed E-state index contributed by atoms with van der Waals surface area (Å²) in [5, 5.41) is 2.47. The molecule has 0 bridgehead atoms. The van der Waals surface area contributed by atoms with Gasteiger partial charge in [0.25, 0.3) is 0 Å². The first-order valence-corrected chi connectivity index (χ1v) is 10.6. The van der Waals surface area contributed by atoms with Crippen LogP contribution in [0.4, 0.5) is 0 Å². The van der Waals surface area contributed by atoms with Gasteiger partial charge in [-0.15, -0.1) is 0 Å². The largest absolute Gasteiger partial charge is 0.471 e. The van der Waals surface area contributed by atoms with Gasteiger partial charge in [0, 0.05) is 35.9 Å². The van der Waals surface area contributed by atoms with Crippen molar-refractivity contribution in [3.63, 3.8) is 0 Å². The highest BCUT2D eigenvalue weighted by Crippen LogP contribution is 2.29. The Morgan fingerprint density at radius 3 is 2.59 bits per heavy atom. The SMILES string of the molecule is Cn1c(COc2ccc3ccccc3n2)c(CN2CCCCC2)c2ccccc21. The number of nitrogens with zero attached hydrogens (tertiary/aromatic N) is 3. The molecule has 4 heteroatoms. The lowest BCUT2D eigenvalue weighted by Crippen LogP contribution is -2.29. The molecule has 0 saturated carbocycles. The van der Waals surface area contributed by atoms with Gasteiger partial charge in [-0.2, -0.15) is 0 Å². The Morgan fingerprint density at radius 2 is 1.69 bits per heavy atom. The van der Waals surface area contributed by atoms with E-state index in [-0.39, 0.29) is 0 Å². The molecule has 0 amide bonds. The van der Waals surface area contributed by atoms with Gasteiger partial charge >= 0.3 is 0 Å².